The molecule has 1 heterocycles. The summed E-state index contributed by atoms with van der Waals surface area (Å²) in [6.45, 7) is 2.68. The zero-order valence-electron chi connectivity index (χ0n) is 10.4. The lowest BCUT2D eigenvalue weighted by Gasteiger charge is -2.18. The van der Waals surface area contributed by atoms with Gasteiger partial charge in [0.1, 0.15) is 5.75 Å². The van der Waals surface area contributed by atoms with Crippen molar-refractivity contribution in [2.75, 3.05) is 13.7 Å². The average molecular weight is 234 g/mol. The van der Waals surface area contributed by atoms with Crippen LogP contribution in [0.5, 0.6) is 5.75 Å². The molecule has 3 heteroatoms. The second-order valence-electron chi connectivity index (χ2n) is 4.52. The molecule has 1 atom stereocenters. The molecule has 3 nitrogen and oxygen atoms in total. The van der Waals surface area contributed by atoms with Gasteiger partial charge in [0, 0.05) is 0 Å². The van der Waals surface area contributed by atoms with Gasteiger partial charge in [0.05, 0.1) is 19.6 Å². The first-order valence-electron chi connectivity index (χ1n) is 6.03. The molecule has 2 rings (SSSR count). The van der Waals surface area contributed by atoms with Crippen LogP contribution < -0.4 is 4.74 Å². The summed E-state index contributed by atoms with van der Waals surface area (Å²) in [5, 5.41) is 0. The third-order valence-electron chi connectivity index (χ3n) is 3.13. The van der Waals surface area contributed by atoms with E-state index in [9.17, 15) is 4.79 Å². The second-order valence-corrected chi connectivity index (χ2v) is 4.52. The van der Waals surface area contributed by atoms with Crippen LogP contribution in [0.3, 0.4) is 0 Å². The summed E-state index contributed by atoms with van der Waals surface area (Å²) in [6.07, 6.45) is 2.87. The molecule has 0 amide bonds. The zero-order chi connectivity index (χ0) is 12.3. The van der Waals surface area contributed by atoms with E-state index in [0.717, 1.165) is 30.8 Å². The number of benzene rings is 1. The molecule has 92 valence electrons. The lowest BCUT2D eigenvalue weighted by Crippen LogP contribution is -2.15. The molecule has 1 aromatic carbocycles. The number of hydrogen-bond acceptors (Lipinski definition) is 3. The molecule has 0 N–H and O–H groups in total. The van der Waals surface area contributed by atoms with Gasteiger partial charge in [-0.25, -0.2) is 0 Å². The van der Waals surface area contributed by atoms with Crippen LogP contribution in [0, 0.1) is 5.92 Å². The van der Waals surface area contributed by atoms with Crippen molar-refractivity contribution in [1.82, 2.24) is 0 Å². The van der Waals surface area contributed by atoms with Gasteiger partial charge < -0.3 is 9.47 Å². The van der Waals surface area contributed by atoms with Crippen molar-refractivity contribution in [3.63, 3.8) is 0 Å². The maximum Gasteiger partial charge on any atom is 0.308 e. The molecule has 1 aliphatic rings. The highest BCUT2D eigenvalue weighted by atomic mass is 16.5. The van der Waals surface area contributed by atoms with Crippen LogP contribution in [0.2, 0.25) is 0 Å². The maximum atomic E-state index is 11.4. The minimum atomic E-state index is -0.163. The summed E-state index contributed by atoms with van der Waals surface area (Å²) in [5.41, 5.74) is 2.40. The van der Waals surface area contributed by atoms with Crippen LogP contribution in [-0.4, -0.2) is 19.7 Å². The Morgan fingerprint density at radius 1 is 1.53 bits per heavy atom. The number of carbonyl (C=O) groups excluding carboxylic acids is 1. The Hall–Kier alpha value is -1.51. The standard InChI is InChI=1S/C14H18O3/c1-10(14(15)16-2)8-11-5-6-12-4-3-7-17-13(12)9-11/h5-6,9-10H,3-4,7-8H2,1-2H3. The highest BCUT2D eigenvalue weighted by Gasteiger charge is 2.16. The molecule has 0 aromatic heterocycles. The van der Waals surface area contributed by atoms with Crippen molar-refractivity contribution >= 4 is 5.97 Å². The smallest absolute Gasteiger partial charge is 0.308 e. The molecular formula is C14H18O3. The Labute approximate surface area is 102 Å². The summed E-state index contributed by atoms with van der Waals surface area (Å²) in [5.74, 6) is 0.705. The normalized spacial score (nSPS) is 15.6. The molecular weight excluding hydrogens is 216 g/mol. The van der Waals surface area contributed by atoms with Crippen LogP contribution in [0.1, 0.15) is 24.5 Å². The van der Waals surface area contributed by atoms with E-state index in [4.69, 9.17) is 9.47 Å². The second kappa shape index (κ2) is 5.21. The Kier molecular flexibility index (Phi) is 3.67. The molecule has 1 aromatic rings. The first-order valence-corrected chi connectivity index (χ1v) is 6.03. The van der Waals surface area contributed by atoms with Crippen molar-refractivity contribution in [2.24, 2.45) is 5.92 Å². The van der Waals surface area contributed by atoms with E-state index < -0.39 is 0 Å². The number of rotatable bonds is 3. The predicted molar refractivity (Wildman–Crippen MR) is 65.1 cm³/mol. The van der Waals surface area contributed by atoms with Crippen LogP contribution in [0.4, 0.5) is 0 Å². The van der Waals surface area contributed by atoms with Gasteiger partial charge >= 0.3 is 5.97 Å². The van der Waals surface area contributed by atoms with E-state index >= 15 is 0 Å². The van der Waals surface area contributed by atoms with Crippen LogP contribution in [-0.2, 0) is 22.4 Å². The van der Waals surface area contributed by atoms with Gasteiger partial charge in [0.25, 0.3) is 0 Å². The van der Waals surface area contributed by atoms with E-state index in [2.05, 4.69) is 12.1 Å². The minimum Gasteiger partial charge on any atom is -0.493 e. The van der Waals surface area contributed by atoms with Gasteiger partial charge in [0.15, 0.2) is 0 Å². The average Bonchev–Trinajstić information content (AvgIpc) is 2.37. The molecule has 1 aliphatic heterocycles. The minimum absolute atomic E-state index is 0.110. The summed E-state index contributed by atoms with van der Waals surface area (Å²) in [4.78, 5) is 11.4. The van der Waals surface area contributed by atoms with Crippen molar-refractivity contribution in [3.05, 3.63) is 29.3 Å². The van der Waals surface area contributed by atoms with Crippen molar-refractivity contribution in [3.8, 4) is 5.75 Å². The van der Waals surface area contributed by atoms with Crippen molar-refractivity contribution < 1.29 is 14.3 Å². The Bertz CT molecular complexity index is 412. The van der Waals surface area contributed by atoms with Gasteiger partial charge in [-0.1, -0.05) is 19.1 Å². The highest BCUT2D eigenvalue weighted by molar-refractivity contribution is 5.72. The summed E-state index contributed by atoms with van der Waals surface area (Å²) in [7, 11) is 1.43. The quantitative estimate of drug-likeness (QED) is 0.753. The summed E-state index contributed by atoms with van der Waals surface area (Å²) >= 11 is 0. The molecule has 17 heavy (non-hydrogen) atoms. The Morgan fingerprint density at radius 3 is 3.12 bits per heavy atom. The lowest BCUT2D eigenvalue weighted by atomic mass is 9.98. The van der Waals surface area contributed by atoms with Crippen LogP contribution in [0.15, 0.2) is 18.2 Å². The first kappa shape index (κ1) is 12.0. The number of carbonyl (C=O) groups is 1. The SMILES string of the molecule is COC(=O)C(C)Cc1ccc2c(c1)OCCC2. The number of esters is 1. The molecule has 0 spiro atoms. The molecule has 0 saturated carbocycles. The van der Waals surface area contributed by atoms with E-state index in [1.54, 1.807) is 0 Å². The monoisotopic (exact) mass is 234 g/mol. The number of aryl methyl sites for hydroxylation is 1. The zero-order valence-corrected chi connectivity index (χ0v) is 10.4. The van der Waals surface area contributed by atoms with E-state index in [0.29, 0.717) is 6.42 Å². The number of fused-ring (bicyclic) bond motifs is 1. The van der Waals surface area contributed by atoms with Gasteiger partial charge in [-0.3, -0.25) is 4.79 Å². The maximum absolute atomic E-state index is 11.4. The first-order chi connectivity index (χ1) is 8.20. The molecule has 1 unspecified atom stereocenters. The molecule has 0 saturated heterocycles. The molecule has 0 bridgehead atoms. The van der Waals surface area contributed by atoms with Gasteiger partial charge in [-0.2, -0.15) is 0 Å². The number of hydrogen-bond donors (Lipinski definition) is 0. The Morgan fingerprint density at radius 2 is 2.35 bits per heavy atom. The number of methoxy groups -OCH3 is 1. The number of ether oxygens (including phenoxy) is 2. The Balaban J connectivity index is 2.09. The third-order valence-corrected chi connectivity index (χ3v) is 3.13. The summed E-state index contributed by atoms with van der Waals surface area (Å²) < 4.78 is 10.3. The largest absolute Gasteiger partial charge is 0.493 e. The lowest BCUT2D eigenvalue weighted by molar-refractivity contribution is -0.144. The molecule has 0 radical (unpaired) electrons. The summed E-state index contributed by atoms with van der Waals surface area (Å²) in [6, 6.07) is 6.23. The molecule has 0 fully saturated rings. The fourth-order valence-electron chi connectivity index (χ4n) is 2.15. The van der Waals surface area contributed by atoms with Crippen molar-refractivity contribution in [2.45, 2.75) is 26.2 Å². The third kappa shape index (κ3) is 2.78. The predicted octanol–water partition coefficient (Wildman–Crippen LogP) is 2.36. The highest BCUT2D eigenvalue weighted by Crippen LogP contribution is 2.26. The topological polar surface area (TPSA) is 35.5 Å². The molecule has 0 aliphatic carbocycles. The van der Waals surface area contributed by atoms with Gasteiger partial charge in [-0.15, -0.1) is 0 Å². The van der Waals surface area contributed by atoms with E-state index in [-0.39, 0.29) is 11.9 Å². The van der Waals surface area contributed by atoms with Gasteiger partial charge in [-0.05, 0) is 36.5 Å². The van der Waals surface area contributed by atoms with E-state index in [1.807, 2.05) is 13.0 Å². The van der Waals surface area contributed by atoms with Crippen molar-refractivity contribution in [1.29, 1.82) is 0 Å². The van der Waals surface area contributed by atoms with E-state index in [1.165, 1.54) is 12.7 Å². The van der Waals surface area contributed by atoms with Crippen LogP contribution in [0.25, 0.3) is 0 Å². The van der Waals surface area contributed by atoms with Gasteiger partial charge in [0.2, 0.25) is 0 Å². The van der Waals surface area contributed by atoms with Crippen LogP contribution >= 0.6 is 0 Å². The fraction of sp³-hybridized carbons (Fsp3) is 0.500. The fourth-order valence-corrected chi connectivity index (χ4v) is 2.15.